The van der Waals surface area contributed by atoms with E-state index < -0.39 is 0 Å². The molecule has 0 fully saturated rings. The Balaban J connectivity index is 2.86. The number of halogens is 1. The first-order valence-electron chi connectivity index (χ1n) is 5.43. The Labute approximate surface area is 94.5 Å². The van der Waals surface area contributed by atoms with Gasteiger partial charge in [-0.1, -0.05) is 6.92 Å². The molecule has 0 amide bonds. The molecule has 3 heteroatoms. The number of anilines is 1. The number of aromatic nitrogens is 1. The molecule has 2 aromatic rings. The number of aryl methyl sites for hydroxylation is 1. The predicted octanol–water partition coefficient (Wildman–Crippen LogP) is 3.29. The lowest BCUT2D eigenvalue weighted by atomic mass is 10.0. The molecule has 0 unspecified atom stereocenters. The van der Waals surface area contributed by atoms with E-state index in [0.717, 1.165) is 34.3 Å². The zero-order valence-corrected chi connectivity index (χ0v) is 9.76. The van der Waals surface area contributed by atoms with Crippen molar-refractivity contribution >= 4 is 16.6 Å². The summed E-state index contributed by atoms with van der Waals surface area (Å²) in [5, 5.41) is 4.00. The van der Waals surface area contributed by atoms with Crippen molar-refractivity contribution < 1.29 is 4.39 Å². The van der Waals surface area contributed by atoms with Gasteiger partial charge in [0.2, 0.25) is 0 Å². The maximum atomic E-state index is 13.2. The molecule has 1 N–H and O–H groups in total. The maximum absolute atomic E-state index is 13.2. The summed E-state index contributed by atoms with van der Waals surface area (Å²) in [5.74, 6) is -0.225. The van der Waals surface area contributed by atoms with Crippen LogP contribution in [0.25, 0.3) is 10.9 Å². The van der Waals surface area contributed by atoms with Crippen molar-refractivity contribution in [3.05, 3.63) is 35.3 Å². The van der Waals surface area contributed by atoms with Crippen molar-refractivity contribution in [2.75, 3.05) is 12.4 Å². The fourth-order valence-corrected chi connectivity index (χ4v) is 2.12. The SMILES string of the molecule is CCc1c(C)nc2ccc(F)cc2c1NC. The van der Waals surface area contributed by atoms with Crippen LogP contribution in [0.4, 0.5) is 10.1 Å². The van der Waals surface area contributed by atoms with Gasteiger partial charge in [0, 0.05) is 23.8 Å². The minimum atomic E-state index is -0.225. The molecule has 1 heterocycles. The Kier molecular flexibility index (Phi) is 2.77. The van der Waals surface area contributed by atoms with Gasteiger partial charge < -0.3 is 5.32 Å². The van der Waals surface area contributed by atoms with E-state index in [4.69, 9.17) is 0 Å². The van der Waals surface area contributed by atoms with Gasteiger partial charge in [0.25, 0.3) is 0 Å². The van der Waals surface area contributed by atoms with Gasteiger partial charge in [0.15, 0.2) is 0 Å². The first kappa shape index (κ1) is 10.9. The van der Waals surface area contributed by atoms with Gasteiger partial charge in [-0.15, -0.1) is 0 Å². The molecular formula is C13H15FN2. The average molecular weight is 218 g/mol. The molecule has 16 heavy (non-hydrogen) atoms. The van der Waals surface area contributed by atoms with Gasteiger partial charge >= 0.3 is 0 Å². The van der Waals surface area contributed by atoms with Crippen molar-refractivity contribution in [1.82, 2.24) is 4.98 Å². The molecule has 0 radical (unpaired) electrons. The average Bonchev–Trinajstić information content (AvgIpc) is 2.28. The summed E-state index contributed by atoms with van der Waals surface area (Å²) >= 11 is 0. The third kappa shape index (κ3) is 1.62. The second kappa shape index (κ2) is 4.08. The fourth-order valence-electron chi connectivity index (χ4n) is 2.12. The molecule has 1 aromatic heterocycles. The first-order chi connectivity index (χ1) is 7.67. The molecule has 0 bridgehead atoms. The summed E-state index contributed by atoms with van der Waals surface area (Å²) in [6, 6.07) is 4.70. The van der Waals surface area contributed by atoms with Crippen LogP contribution in [0.2, 0.25) is 0 Å². The van der Waals surface area contributed by atoms with Crippen molar-refractivity contribution in [3.63, 3.8) is 0 Å². The molecule has 0 aliphatic heterocycles. The number of rotatable bonds is 2. The van der Waals surface area contributed by atoms with E-state index in [-0.39, 0.29) is 5.82 Å². The second-order valence-electron chi connectivity index (χ2n) is 3.82. The molecule has 0 atom stereocenters. The third-order valence-corrected chi connectivity index (χ3v) is 2.86. The largest absolute Gasteiger partial charge is 0.387 e. The standard InChI is InChI=1S/C13H15FN2/c1-4-10-8(2)16-12-6-5-9(14)7-11(12)13(10)15-3/h5-7H,4H2,1-3H3,(H,15,16). The zero-order valence-electron chi connectivity index (χ0n) is 9.76. The Morgan fingerprint density at radius 1 is 1.38 bits per heavy atom. The number of nitrogens with zero attached hydrogens (tertiary/aromatic N) is 1. The molecule has 1 aromatic carbocycles. The summed E-state index contributed by atoms with van der Waals surface area (Å²) in [6.45, 7) is 4.07. The number of benzene rings is 1. The summed E-state index contributed by atoms with van der Waals surface area (Å²) in [6.07, 6.45) is 0.890. The Morgan fingerprint density at radius 2 is 2.12 bits per heavy atom. The lowest BCUT2D eigenvalue weighted by Crippen LogP contribution is -2.01. The number of hydrogen-bond donors (Lipinski definition) is 1. The van der Waals surface area contributed by atoms with Crippen LogP contribution in [0.1, 0.15) is 18.2 Å². The quantitative estimate of drug-likeness (QED) is 0.836. The summed E-state index contributed by atoms with van der Waals surface area (Å²) in [4.78, 5) is 4.49. The molecule has 2 rings (SSSR count). The molecule has 0 aliphatic carbocycles. The van der Waals surface area contributed by atoms with Crippen LogP contribution in [0.3, 0.4) is 0 Å². The second-order valence-corrected chi connectivity index (χ2v) is 3.82. The fraction of sp³-hybridized carbons (Fsp3) is 0.308. The third-order valence-electron chi connectivity index (χ3n) is 2.86. The highest BCUT2D eigenvalue weighted by atomic mass is 19.1. The van der Waals surface area contributed by atoms with Gasteiger partial charge in [-0.3, -0.25) is 4.98 Å². The number of nitrogens with one attached hydrogen (secondary N) is 1. The van der Waals surface area contributed by atoms with Crippen LogP contribution < -0.4 is 5.32 Å². The van der Waals surface area contributed by atoms with Crippen LogP contribution in [0.15, 0.2) is 18.2 Å². The molecular weight excluding hydrogens is 203 g/mol. The van der Waals surface area contributed by atoms with E-state index in [1.165, 1.54) is 12.1 Å². The van der Waals surface area contributed by atoms with Crippen molar-refractivity contribution in [2.24, 2.45) is 0 Å². The Bertz CT molecular complexity index is 535. The Morgan fingerprint density at radius 3 is 2.75 bits per heavy atom. The van der Waals surface area contributed by atoms with Gasteiger partial charge in [-0.2, -0.15) is 0 Å². The van der Waals surface area contributed by atoms with E-state index >= 15 is 0 Å². The van der Waals surface area contributed by atoms with Crippen LogP contribution in [0, 0.1) is 12.7 Å². The smallest absolute Gasteiger partial charge is 0.124 e. The minimum absolute atomic E-state index is 0.225. The summed E-state index contributed by atoms with van der Waals surface area (Å²) in [7, 11) is 1.86. The molecule has 0 aliphatic rings. The van der Waals surface area contributed by atoms with Crippen molar-refractivity contribution in [1.29, 1.82) is 0 Å². The van der Waals surface area contributed by atoms with Gasteiger partial charge in [-0.25, -0.2) is 4.39 Å². The van der Waals surface area contributed by atoms with E-state index in [9.17, 15) is 4.39 Å². The number of hydrogen-bond acceptors (Lipinski definition) is 2. The summed E-state index contributed by atoms with van der Waals surface area (Å²) in [5.41, 5.74) is 3.98. The van der Waals surface area contributed by atoms with Crippen LogP contribution in [-0.2, 0) is 6.42 Å². The molecule has 84 valence electrons. The highest BCUT2D eigenvalue weighted by Gasteiger charge is 2.10. The molecule has 2 nitrogen and oxygen atoms in total. The zero-order chi connectivity index (χ0) is 11.7. The molecule has 0 saturated carbocycles. The van der Waals surface area contributed by atoms with E-state index in [0.29, 0.717) is 0 Å². The van der Waals surface area contributed by atoms with E-state index in [1.54, 1.807) is 6.07 Å². The van der Waals surface area contributed by atoms with Crippen molar-refractivity contribution in [2.45, 2.75) is 20.3 Å². The Hall–Kier alpha value is -1.64. The molecule has 0 spiro atoms. The summed E-state index contributed by atoms with van der Waals surface area (Å²) < 4.78 is 13.2. The normalized spacial score (nSPS) is 10.8. The topological polar surface area (TPSA) is 24.9 Å². The lowest BCUT2D eigenvalue weighted by Gasteiger charge is -2.13. The van der Waals surface area contributed by atoms with Gasteiger partial charge in [-0.05, 0) is 37.1 Å². The van der Waals surface area contributed by atoms with E-state index in [1.807, 2.05) is 14.0 Å². The molecule has 0 saturated heterocycles. The van der Waals surface area contributed by atoms with Gasteiger partial charge in [0.05, 0.1) is 5.52 Å². The maximum Gasteiger partial charge on any atom is 0.124 e. The monoisotopic (exact) mass is 218 g/mol. The van der Waals surface area contributed by atoms with E-state index in [2.05, 4.69) is 17.2 Å². The number of fused-ring (bicyclic) bond motifs is 1. The first-order valence-corrected chi connectivity index (χ1v) is 5.43. The van der Waals surface area contributed by atoms with Gasteiger partial charge in [0.1, 0.15) is 5.82 Å². The lowest BCUT2D eigenvalue weighted by molar-refractivity contribution is 0.629. The van der Waals surface area contributed by atoms with Crippen molar-refractivity contribution in [3.8, 4) is 0 Å². The highest BCUT2D eigenvalue weighted by Crippen LogP contribution is 2.28. The van der Waals surface area contributed by atoms with Crippen LogP contribution in [0.5, 0.6) is 0 Å². The minimum Gasteiger partial charge on any atom is -0.387 e. The van der Waals surface area contributed by atoms with Crippen LogP contribution >= 0.6 is 0 Å². The van der Waals surface area contributed by atoms with Crippen LogP contribution in [-0.4, -0.2) is 12.0 Å². The highest BCUT2D eigenvalue weighted by molar-refractivity contribution is 5.93. The predicted molar refractivity (Wildman–Crippen MR) is 65.4 cm³/mol. The number of pyridine rings is 1.